The molecular formula is C21H27N5O2S3. The molecule has 0 bridgehead atoms. The number of aryl methyl sites for hydroxylation is 2. The van der Waals surface area contributed by atoms with E-state index in [2.05, 4.69) is 21.9 Å². The number of pyridine rings is 1. The molecule has 2 N–H and O–H groups in total. The summed E-state index contributed by atoms with van der Waals surface area (Å²) < 4.78 is 27.4. The van der Waals surface area contributed by atoms with E-state index in [4.69, 9.17) is 5.73 Å². The maximum absolute atomic E-state index is 13.0. The van der Waals surface area contributed by atoms with Crippen LogP contribution < -0.4 is 5.73 Å². The first-order valence-electron chi connectivity index (χ1n) is 10.4. The quantitative estimate of drug-likeness (QED) is 0.520. The Balaban J connectivity index is 1.46. The van der Waals surface area contributed by atoms with Crippen molar-refractivity contribution in [2.45, 2.75) is 67.7 Å². The Morgan fingerprint density at radius 3 is 2.61 bits per heavy atom. The number of hydrogen-bond donors (Lipinski definition) is 1. The minimum atomic E-state index is -3.53. The van der Waals surface area contributed by atoms with Gasteiger partial charge < -0.3 is 5.73 Å². The number of nitrogen functional groups attached to an aromatic ring is 1. The summed E-state index contributed by atoms with van der Waals surface area (Å²) in [4.78, 5) is 15.8. The normalized spacial score (nSPS) is 15.7. The molecule has 10 heteroatoms. The van der Waals surface area contributed by atoms with E-state index < -0.39 is 10.0 Å². The van der Waals surface area contributed by atoms with Gasteiger partial charge in [-0.25, -0.2) is 23.4 Å². The zero-order chi connectivity index (χ0) is 22.2. The summed E-state index contributed by atoms with van der Waals surface area (Å²) in [6.45, 7) is 4.09. The molecule has 0 radical (unpaired) electrons. The summed E-state index contributed by atoms with van der Waals surface area (Å²) in [6.07, 6.45) is 6.65. The van der Waals surface area contributed by atoms with Gasteiger partial charge in [0.25, 0.3) is 0 Å². The third-order valence-corrected chi connectivity index (χ3v) is 9.86. The molecule has 7 nitrogen and oxygen atoms in total. The van der Waals surface area contributed by atoms with Crippen LogP contribution in [-0.4, -0.2) is 40.8 Å². The van der Waals surface area contributed by atoms with Crippen molar-refractivity contribution in [3.63, 3.8) is 0 Å². The van der Waals surface area contributed by atoms with Gasteiger partial charge in [-0.2, -0.15) is 4.31 Å². The lowest BCUT2D eigenvalue weighted by molar-refractivity contribution is 0.285. The lowest BCUT2D eigenvalue weighted by Crippen LogP contribution is -2.38. The fraction of sp³-hybridized carbons (Fsp3) is 0.476. The lowest BCUT2D eigenvalue weighted by atomic mass is 9.96. The first-order chi connectivity index (χ1) is 14.8. The molecule has 0 saturated heterocycles. The van der Waals surface area contributed by atoms with Gasteiger partial charge in [0, 0.05) is 24.2 Å². The van der Waals surface area contributed by atoms with E-state index in [-0.39, 0.29) is 10.9 Å². The van der Waals surface area contributed by atoms with Crippen molar-refractivity contribution in [3.05, 3.63) is 34.6 Å². The van der Waals surface area contributed by atoms with E-state index in [1.54, 1.807) is 30.5 Å². The smallest absolute Gasteiger partial charge is 0.244 e. The van der Waals surface area contributed by atoms with Crippen LogP contribution in [0.25, 0.3) is 10.2 Å². The minimum Gasteiger partial charge on any atom is -0.383 e. The molecule has 3 aromatic rings. The average molecular weight is 478 g/mol. The number of rotatable bonds is 6. The molecule has 31 heavy (non-hydrogen) atoms. The van der Waals surface area contributed by atoms with E-state index in [1.165, 1.54) is 33.6 Å². The average Bonchev–Trinajstić information content (AvgIpc) is 3.06. The number of thiophene rings is 1. The highest BCUT2D eigenvalue weighted by atomic mass is 32.2. The molecule has 1 fully saturated rings. The topological polar surface area (TPSA) is 102 Å². The monoisotopic (exact) mass is 477 g/mol. The number of nitrogens with zero attached hydrogens (tertiary/aromatic N) is 4. The fourth-order valence-electron chi connectivity index (χ4n) is 3.94. The maximum atomic E-state index is 13.0. The molecule has 3 heterocycles. The predicted octanol–water partition coefficient (Wildman–Crippen LogP) is 4.53. The zero-order valence-electron chi connectivity index (χ0n) is 18.0. The lowest BCUT2D eigenvalue weighted by Gasteiger charge is -2.30. The molecule has 4 rings (SSSR count). The number of hydrogen-bond acceptors (Lipinski definition) is 8. The Morgan fingerprint density at radius 1 is 1.19 bits per heavy atom. The van der Waals surface area contributed by atoms with Crippen LogP contribution in [0.2, 0.25) is 0 Å². The van der Waals surface area contributed by atoms with Gasteiger partial charge in [0.05, 0.1) is 16.2 Å². The third-order valence-electron chi connectivity index (χ3n) is 5.93. The van der Waals surface area contributed by atoms with Crippen molar-refractivity contribution in [2.75, 3.05) is 12.8 Å². The Labute approximate surface area is 191 Å². The second-order valence-corrected chi connectivity index (χ2v) is 12.1. The van der Waals surface area contributed by atoms with E-state index in [0.29, 0.717) is 17.4 Å². The number of sulfonamides is 1. The number of anilines is 1. The molecule has 0 aromatic carbocycles. The van der Waals surface area contributed by atoms with Gasteiger partial charge in [0.1, 0.15) is 21.4 Å². The number of nitrogens with two attached hydrogens (primary N) is 1. The Morgan fingerprint density at radius 2 is 1.94 bits per heavy atom. The van der Waals surface area contributed by atoms with E-state index in [9.17, 15) is 8.42 Å². The van der Waals surface area contributed by atoms with Crippen molar-refractivity contribution >= 4 is 49.2 Å². The van der Waals surface area contributed by atoms with Gasteiger partial charge in [-0.15, -0.1) is 11.3 Å². The minimum absolute atomic E-state index is 0.0786. The van der Waals surface area contributed by atoms with Crippen LogP contribution in [0.1, 0.15) is 48.4 Å². The summed E-state index contributed by atoms with van der Waals surface area (Å²) in [5, 5.41) is 1.66. The van der Waals surface area contributed by atoms with E-state index in [1.807, 2.05) is 6.92 Å². The Hall–Kier alpha value is -1.75. The SMILES string of the molecule is Cc1sc2nc(CSc3ccc(S(=O)(=O)N(C)C4CCCCC4)cn3)nc(N)c2c1C. The van der Waals surface area contributed by atoms with Crippen LogP contribution in [0.4, 0.5) is 5.82 Å². The molecule has 1 saturated carbocycles. The zero-order valence-corrected chi connectivity index (χ0v) is 20.4. The van der Waals surface area contributed by atoms with Crippen molar-refractivity contribution < 1.29 is 8.42 Å². The fourth-order valence-corrected chi connectivity index (χ4v) is 7.06. The maximum Gasteiger partial charge on any atom is 0.244 e. The van der Waals surface area contributed by atoms with E-state index >= 15 is 0 Å². The molecule has 166 valence electrons. The second kappa shape index (κ2) is 9.01. The van der Waals surface area contributed by atoms with Crippen molar-refractivity contribution in [1.82, 2.24) is 19.3 Å². The van der Waals surface area contributed by atoms with Crippen LogP contribution in [0, 0.1) is 13.8 Å². The van der Waals surface area contributed by atoms with Crippen LogP contribution in [-0.2, 0) is 15.8 Å². The van der Waals surface area contributed by atoms with Crippen molar-refractivity contribution in [2.24, 2.45) is 0 Å². The van der Waals surface area contributed by atoms with Crippen molar-refractivity contribution in [1.29, 1.82) is 0 Å². The van der Waals surface area contributed by atoms with Gasteiger partial charge in [0.15, 0.2) is 0 Å². The van der Waals surface area contributed by atoms with Gasteiger partial charge in [0.2, 0.25) is 10.0 Å². The first-order valence-corrected chi connectivity index (χ1v) is 13.6. The van der Waals surface area contributed by atoms with Crippen molar-refractivity contribution in [3.8, 4) is 0 Å². The molecule has 0 aliphatic heterocycles. The Kier molecular flexibility index (Phi) is 6.52. The number of aromatic nitrogens is 3. The molecule has 3 aromatic heterocycles. The standard InChI is InChI=1S/C21H27N5O2S3/c1-13-14(2)30-21-19(13)20(22)24-17(25-21)12-29-18-10-9-16(11-23-18)31(27,28)26(3)15-7-5-4-6-8-15/h9-11,15H,4-8,12H2,1-3H3,(H2,22,24,25). The molecule has 0 atom stereocenters. The summed E-state index contributed by atoms with van der Waals surface area (Å²) in [5.41, 5.74) is 7.29. The molecular weight excluding hydrogens is 450 g/mol. The number of thioether (sulfide) groups is 1. The van der Waals surface area contributed by atoms with Crippen LogP contribution in [0.3, 0.4) is 0 Å². The van der Waals surface area contributed by atoms with Gasteiger partial charge in [-0.3, -0.25) is 0 Å². The highest BCUT2D eigenvalue weighted by Gasteiger charge is 2.29. The Bertz CT molecular complexity index is 1190. The molecule has 0 unspecified atom stereocenters. The highest BCUT2D eigenvalue weighted by molar-refractivity contribution is 7.98. The summed E-state index contributed by atoms with van der Waals surface area (Å²) in [7, 11) is -1.85. The summed E-state index contributed by atoms with van der Waals surface area (Å²) in [5.74, 6) is 1.66. The van der Waals surface area contributed by atoms with Gasteiger partial charge in [-0.05, 0) is 44.4 Å². The largest absolute Gasteiger partial charge is 0.383 e. The third kappa shape index (κ3) is 4.57. The van der Waals surface area contributed by atoms with Crippen LogP contribution in [0.15, 0.2) is 28.3 Å². The summed E-state index contributed by atoms with van der Waals surface area (Å²) >= 11 is 3.08. The van der Waals surface area contributed by atoms with E-state index in [0.717, 1.165) is 46.5 Å². The first kappa shape index (κ1) is 22.4. The molecule has 0 spiro atoms. The highest BCUT2D eigenvalue weighted by Crippen LogP contribution is 2.33. The summed E-state index contributed by atoms with van der Waals surface area (Å²) in [6, 6.07) is 3.46. The van der Waals surface area contributed by atoms with Gasteiger partial charge >= 0.3 is 0 Å². The number of fused-ring (bicyclic) bond motifs is 1. The molecule has 1 aliphatic rings. The predicted molar refractivity (Wildman–Crippen MR) is 127 cm³/mol. The van der Waals surface area contributed by atoms with Gasteiger partial charge in [-0.1, -0.05) is 31.0 Å². The molecule has 1 aliphatic carbocycles. The second-order valence-electron chi connectivity index (χ2n) is 7.92. The van der Waals surface area contributed by atoms with Crippen LogP contribution in [0.5, 0.6) is 0 Å². The van der Waals surface area contributed by atoms with Crippen LogP contribution >= 0.6 is 23.1 Å². The molecule has 0 amide bonds.